The number of hydrogen-bond acceptors (Lipinski definition) is 5. The van der Waals surface area contributed by atoms with Crippen LogP contribution in [0.4, 0.5) is 22.0 Å². The fraction of sp³-hybridized carbons (Fsp3) is 0.783. The van der Waals surface area contributed by atoms with Crippen molar-refractivity contribution in [2.75, 3.05) is 6.54 Å². The highest BCUT2D eigenvalue weighted by atomic mass is 19.4. The number of hydrogen-bond donors (Lipinski definition) is 3. The third-order valence-corrected chi connectivity index (χ3v) is 7.18. The van der Waals surface area contributed by atoms with Crippen molar-refractivity contribution in [3.8, 4) is 6.07 Å². The molecular formula is C23H30F5N5O4. The van der Waals surface area contributed by atoms with Crippen LogP contribution in [-0.2, 0) is 19.2 Å². The molecule has 1 saturated carbocycles. The Morgan fingerprint density at radius 3 is 2.38 bits per heavy atom. The lowest BCUT2D eigenvalue weighted by atomic mass is 9.71. The summed E-state index contributed by atoms with van der Waals surface area (Å²) in [5, 5.41) is 16.1. The van der Waals surface area contributed by atoms with E-state index in [2.05, 4.69) is 10.6 Å². The topological polar surface area (TPSA) is 131 Å². The summed E-state index contributed by atoms with van der Waals surface area (Å²) >= 11 is 0. The molecule has 9 nitrogen and oxygen atoms in total. The van der Waals surface area contributed by atoms with Crippen LogP contribution >= 0.6 is 0 Å². The minimum Gasteiger partial charge on any atom is -0.356 e. The number of amides is 4. The zero-order chi connectivity index (χ0) is 27.7. The predicted molar refractivity (Wildman–Crippen MR) is 117 cm³/mol. The number of fused-ring (bicyclic) bond motifs is 3. The van der Waals surface area contributed by atoms with Crippen LogP contribution < -0.4 is 16.0 Å². The minimum atomic E-state index is -5.27. The van der Waals surface area contributed by atoms with Gasteiger partial charge in [0, 0.05) is 24.9 Å². The summed E-state index contributed by atoms with van der Waals surface area (Å²) in [5.74, 6) is -10.6. The smallest absolute Gasteiger partial charge is 0.356 e. The van der Waals surface area contributed by atoms with Crippen molar-refractivity contribution in [2.24, 2.45) is 17.8 Å². The summed E-state index contributed by atoms with van der Waals surface area (Å²) in [7, 11) is 0. The van der Waals surface area contributed by atoms with E-state index >= 15 is 0 Å². The predicted octanol–water partition coefficient (Wildman–Crippen LogP) is 1.63. The molecule has 6 atom stereocenters. The molecule has 0 radical (unpaired) electrons. The molecule has 4 amide bonds. The molecule has 2 bridgehead atoms. The van der Waals surface area contributed by atoms with Gasteiger partial charge >= 0.3 is 12.1 Å². The van der Waals surface area contributed by atoms with E-state index in [9.17, 15) is 46.4 Å². The van der Waals surface area contributed by atoms with Gasteiger partial charge in [-0.15, -0.1) is 0 Å². The first-order chi connectivity index (χ1) is 17.2. The van der Waals surface area contributed by atoms with Crippen LogP contribution in [-0.4, -0.2) is 71.3 Å². The van der Waals surface area contributed by atoms with Crippen molar-refractivity contribution < 1.29 is 41.1 Å². The highest BCUT2D eigenvalue weighted by molar-refractivity contribution is 5.94. The van der Waals surface area contributed by atoms with E-state index < -0.39 is 72.2 Å². The van der Waals surface area contributed by atoms with Crippen LogP contribution in [0.1, 0.15) is 52.4 Å². The number of piperidine rings is 2. The summed E-state index contributed by atoms with van der Waals surface area (Å²) in [6.45, 7) is 3.62. The molecule has 206 valence electrons. The molecule has 0 aromatic heterocycles. The van der Waals surface area contributed by atoms with Crippen LogP contribution in [0.25, 0.3) is 0 Å². The van der Waals surface area contributed by atoms with Crippen LogP contribution in [0.3, 0.4) is 0 Å². The molecular weight excluding hydrogens is 505 g/mol. The molecule has 0 aromatic carbocycles. The van der Waals surface area contributed by atoms with Gasteiger partial charge in [0.25, 0.3) is 5.92 Å². The molecule has 3 aliphatic heterocycles. The number of halogens is 5. The molecule has 14 heteroatoms. The lowest BCUT2D eigenvalue weighted by molar-refractivity contribution is -0.196. The number of nitriles is 1. The molecule has 0 unspecified atom stereocenters. The van der Waals surface area contributed by atoms with Gasteiger partial charge in [0.05, 0.1) is 12.0 Å². The second-order valence-electron chi connectivity index (χ2n) is 10.3. The zero-order valence-corrected chi connectivity index (χ0v) is 20.4. The molecule has 3 N–H and O–H groups in total. The van der Waals surface area contributed by atoms with Crippen LogP contribution in [0.15, 0.2) is 0 Å². The van der Waals surface area contributed by atoms with Gasteiger partial charge in [0.15, 0.2) is 0 Å². The number of nitrogens with one attached hydrogen (secondary N) is 3. The molecule has 3 heterocycles. The molecule has 0 spiro atoms. The summed E-state index contributed by atoms with van der Waals surface area (Å²) in [4.78, 5) is 51.1. The Hall–Kier alpha value is -2.98. The average Bonchev–Trinajstić information content (AvgIpc) is 3.19. The molecule has 4 fully saturated rings. The third kappa shape index (κ3) is 6.30. The Kier molecular flexibility index (Phi) is 8.34. The Morgan fingerprint density at radius 2 is 1.86 bits per heavy atom. The third-order valence-electron chi connectivity index (χ3n) is 7.18. The SMILES string of the molecule is CC(C)C[C@H](NC(=O)C(F)(F)F)C(=O)N1[C@H]2CC[C@@H]([C@H]1C(=O)N[C@H](C#N)C[C@H]1CCNC1=O)C(F)(F)C2. The normalized spacial score (nSPS) is 28.3. The highest BCUT2D eigenvalue weighted by Gasteiger charge is 2.61. The van der Waals surface area contributed by atoms with E-state index in [1.165, 1.54) is 0 Å². The maximum atomic E-state index is 14.9. The van der Waals surface area contributed by atoms with E-state index in [-0.39, 0.29) is 37.5 Å². The van der Waals surface area contributed by atoms with E-state index in [4.69, 9.17) is 0 Å². The Balaban J connectivity index is 1.87. The Labute approximate surface area is 210 Å². The van der Waals surface area contributed by atoms with Crippen molar-refractivity contribution in [1.82, 2.24) is 20.9 Å². The fourth-order valence-electron chi connectivity index (χ4n) is 5.49. The highest BCUT2D eigenvalue weighted by Crippen LogP contribution is 2.49. The molecule has 0 aromatic rings. The quantitative estimate of drug-likeness (QED) is 0.407. The summed E-state index contributed by atoms with van der Waals surface area (Å²) < 4.78 is 68.5. The Bertz CT molecular complexity index is 966. The molecule has 1 aliphatic carbocycles. The van der Waals surface area contributed by atoms with Gasteiger partial charge in [-0.05, 0) is 38.0 Å². The summed E-state index contributed by atoms with van der Waals surface area (Å²) in [5.41, 5.74) is 0. The number of carbonyl (C=O) groups excluding carboxylic acids is 4. The largest absolute Gasteiger partial charge is 0.471 e. The van der Waals surface area contributed by atoms with Gasteiger partial charge in [-0.25, -0.2) is 8.78 Å². The maximum Gasteiger partial charge on any atom is 0.471 e. The van der Waals surface area contributed by atoms with Gasteiger partial charge in [-0.3, -0.25) is 19.2 Å². The van der Waals surface area contributed by atoms with Gasteiger partial charge in [-0.1, -0.05) is 13.8 Å². The fourth-order valence-corrected chi connectivity index (χ4v) is 5.49. The van der Waals surface area contributed by atoms with Crippen LogP contribution in [0, 0.1) is 29.1 Å². The van der Waals surface area contributed by atoms with Gasteiger partial charge in [-0.2, -0.15) is 18.4 Å². The maximum absolute atomic E-state index is 14.9. The average molecular weight is 536 g/mol. The summed E-state index contributed by atoms with van der Waals surface area (Å²) in [6, 6.07) is -3.94. The molecule has 4 rings (SSSR count). The molecule has 3 saturated heterocycles. The first-order valence-corrected chi connectivity index (χ1v) is 12.2. The van der Waals surface area contributed by atoms with E-state index in [1.54, 1.807) is 19.2 Å². The van der Waals surface area contributed by atoms with Crippen molar-refractivity contribution in [2.45, 2.75) is 88.6 Å². The zero-order valence-electron chi connectivity index (χ0n) is 20.4. The van der Waals surface area contributed by atoms with E-state index in [0.29, 0.717) is 13.0 Å². The monoisotopic (exact) mass is 535 g/mol. The van der Waals surface area contributed by atoms with Crippen molar-refractivity contribution >= 4 is 23.6 Å². The van der Waals surface area contributed by atoms with Crippen molar-refractivity contribution in [1.29, 1.82) is 5.26 Å². The van der Waals surface area contributed by atoms with Gasteiger partial charge in [0.1, 0.15) is 18.1 Å². The first kappa shape index (κ1) is 28.6. The minimum absolute atomic E-state index is 0.0587. The summed E-state index contributed by atoms with van der Waals surface area (Å²) in [6.07, 6.45) is -5.87. The first-order valence-electron chi connectivity index (χ1n) is 12.2. The number of alkyl halides is 5. The van der Waals surface area contributed by atoms with Crippen molar-refractivity contribution in [3.63, 3.8) is 0 Å². The van der Waals surface area contributed by atoms with Gasteiger partial charge in [0.2, 0.25) is 17.7 Å². The standard InChI is InChI=1S/C23H30F5N5O4/c1-11(2)7-16(32-21(37)23(26,27)28)20(36)33-14-3-4-15(22(24,25)9-14)17(33)19(35)31-13(10-29)8-12-5-6-30-18(12)34/h11-17H,3-9H2,1-2H3,(H,30,34)(H,31,35)(H,32,37)/t12-,13+,14+,15+,16+,17+/m1/s1. The lowest BCUT2D eigenvalue weighted by Crippen LogP contribution is -2.71. The number of carbonyl (C=O) groups is 4. The second-order valence-corrected chi connectivity index (χ2v) is 10.3. The van der Waals surface area contributed by atoms with Crippen molar-refractivity contribution in [3.05, 3.63) is 0 Å². The van der Waals surface area contributed by atoms with Gasteiger partial charge < -0.3 is 20.9 Å². The molecule has 4 aliphatic rings. The van der Waals surface area contributed by atoms with Crippen LogP contribution in [0.2, 0.25) is 0 Å². The number of rotatable bonds is 8. The van der Waals surface area contributed by atoms with Crippen LogP contribution in [0.5, 0.6) is 0 Å². The van der Waals surface area contributed by atoms with E-state index in [0.717, 1.165) is 4.90 Å². The lowest BCUT2D eigenvalue weighted by Gasteiger charge is -2.54. The second kappa shape index (κ2) is 10.8. The van der Waals surface area contributed by atoms with E-state index in [1.807, 2.05) is 6.07 Å². The Morgan fingerprint density at radius 1 is 1.19 bits per heavy atom. The number of nitrogens with zero attached hydrogens (tertiary/aromatic N) is 2. The molecule has 37 heavy (non-hydrogen) atoms.